The van der Waals surface area contributed by atoms with Crippen molar-refractivity contribution in [2.45, 2.75) is 78.8 Å². The fraction of sp³-hybridized carbons (Fsp3) is 0.591. The van der Waals surface area contributed by atoms with E-state index in [1.54, 1.807) is 59.7 Å². The molecule has 0 bridgehead atoms. The van der Waals surface area contributed by atoms with Gasteiger partial charge < -0.3 is 24.4 Å². The Morgan fingerprint density at radius 2 is 1.58 bits per heavy atom. The third-order valence-electron chi connectivity index (χ3n) is 3.61. The molecule has 0 aliphatic carbocycles. The fourth-order valence-corrected chi connectivity index (χ4v) is 2.39. The maximum atomic E-state index is 12.1. The summed E-state index contributed by atoms with van der Waals surface area (Å²) in [6.45, 7) is 10.2. The summed E-state index contributed by atoms with van der Waals surface area (Å²) in [7, 11) is 0. The number of carbonyl (C=O) groups is 2. The smallest absolute Gasteiger partial charge is 0.435 e. The van der Waals surface area contributed by atoms with Gasteiger partial charge in [0.1, 0.15) is 22.8 Å². The Labute approximate surface area is 183 Å². The topological polar surface area (TPSA) is 127 Å². The predicted molar refractivity (Wildman–Crippen MR) is 116 cm³/mol. The lowest BCUT2D eigenvalue weighted by Gasteiger charge is -2.20. The summed E-state index contributed by atoms with van der Waals surface area (Å²) >= 11 is 0. The first-order valence-electron chi connectivity index (χ1n) is 10.1. The molecule has 0 atom stereocenters. The van der Waals surface area contributed by atoms with Crippen LogP contribution in [0.4, 0.5) is 9.59 Å². The van der Waals surface area contributed by atoms with Gasteiger partial charge in [-0.2, -0.15) is 4.99 Å². The molecule has 0 saturated carbocycles. The number of amides is 2. The van der Waals surface area contributed by atoms with Gasteiger partial charge in [-0.25, -0.2) is 9.59 Å². The van der Waals surface area contributed by atoms with Gasteiger partial charge in [0.05, 0.1) is 19.8 Å². The van der Waals surface area contributed by atoms with Gasteiger partial charge in [0.15, 0.2) is 0 Å². The van der Waals surface area contributed by atoms with Gasteiger partial charge in [-0.15, -0.1) is 0 Å². The zero-order valence-electron chi connectivity index (χ0n) is 19.2. The number of aliphatic imine (C=N–C) groups is 1. The zero-order chi connectivity index (χ0) is 23.7. The minimum absolute atomic E-state index is 0.110. The van der Waals surface area contributed by atoms with Crippen LogP contribution in [0.2, 0.25) is 0 Å². The van der Waals surface area contributed by atoms with Gasteiger partial charge in [-0.1, -0.05) is 6.07 Å². The van der Waals surface area contributed by atoms with Crippen LogP contribution in [-0.4, -0.2) is 46.0 Å². The number of ether oxygens (including phenoxy) is 3. The molecule has 3 N–H and O–H groups in total. The number of aliphatic hydroxyl groups is 2. The highest BCUT2D eigenvalue weighted by Gasteiger charge is 2.20. The lowest BCUT2D eigenvalue weighted by Crippen LogP contribution is -2.37. The molecule has 2 amide bonds. The first kappa shape index (κ1) is 26.4. The first-order chi connectivity index (χ1) is 14.3. The number of amidine groups is 1. The highest BCUT2D eigenvalue weighted by molar-refractivity contribution is 6.00. The second-order valence-electron chi connectivity index (χ2n) is 8.86. The number of hydrogen-bond acceptors (Lipinski definition) is 7. The molecule has 0 aromatic heterocycles. The number of carbonyl (C=O) groups excluding carboxylic acids is 2. The maximum Gasteiger partial charge on any atom is 0.435 e. The summed E-state index contributed by atoms with van der Waals surface area (Å²) in [6, 6.07) is 5.03. The van der Waals surface area contributed by atoms with Gasteiger partial charge in [0.25, 0.3) is 0 Å². The summed E-state index contributed by atoms with van der Waals surface area (Å²) in [5.41, 5.74) is -0.205. The molecule has 174 valence electrons. The van der Waals surface area contributed by atoms with E-state index in [1.165, 1.54) is 0 Å². The van der Waals surface area contributed by atoms with Gasteiger partial charge in [-0.3, -0.25) is 5.32 Å². The van der Waals surface area contributed by atoms with Crippen molar-refractivity contribution in [3.8, 4) is 5.75 Å². The molecule has 1 aromatic carbocycles. The Kier molecular flexibility index (Phi) is 9.93. The van der Waals surface area contributed by atoms with Crippen LogP contribution in [0.15, 0.2) is 23.2 Å². The van der Waals surface area contributed by atoms with E-state index in [-0.39, 0.29) is 32.1 Å². The third-order valence-corrected chi connectivity index (χ3v) is 3.61. The van der Waals surface area contributed by atoms with Crippen LogP contribution >= 0.6 is 0 Å². The summed E-state index contributed by atoms with van der Waals surface area (Å²) < 4.78 is 16.1. The molecule has 0 aliphatic rings. The average molecular weight is 439 g/mol. The molecule has 0 fully saturated rings. The number of benzene rings is 1. The number of rotatable bonds is 7. The number of aliphatic hydroxyl groups excluding tert-OH is 2. The van der Waals surface area contributed by atoms with Gasteiger partial charge in [-0.05, 0) is 71.2 Å². The molecule has 9 nitrogen and oxygen atoms in total. The summed E-state index contributed by atoms with van der Waals surface area (Å²) in [5.74, 6) is 0.644. The normalized spacial score (nSPS) is 12.3. The molecule has 31 heavy (non-hydrogen) atoms. The highest BCUT2D eigenvalue weighted by atomic mass is 16.6. The third kappa shape index (κ3) is 11.4. The van der Waals surface area contributed by atoms with Crippen molar-refractivity contribution < 1.29 is 34.0 Å². The second kappa shape index (κ2) is 11.7. The van der Waals surface area contributed by atoms with Crippen LogP contribution in [0.3, 0.4) is 0 Å². The van der Waals surface area contributed by atoms with Crippen LogP contribution in [0.1, 0.15) is 65.5 Å². The number of nitrogens with zero attached hydrogens (tertiary/aromatic N) is 1. The van der Waals surface area contributed by atoms with Crippen molar-refractivity contribution in [3.05, 3.63) is 29.3 Å². The minimum Gasteiger partial charge on any atom is -0.494 e. The SMILES string of the molecule is CC(C)(C)OC(=O)N=C(CCCOc1ccc(CO)c(CO)c1)NC(=O)OC(C)(C)C. The summed E-state index contributed by atoms with van der Waals surface area (Å²) in [4.78, 5) is 28.0. The van der Waals surface area contributed by atoms with E-state index in [9.17, 15) is 19.8 Å². The van der Waals surface area contributed by atoms with Gasteiger partial charge >= 0.3 is 12.2 Å². The Bertz CT molecular complexity index is 777. The Morgan fingerprint density at radius 1 is 0.968 bits per heavy atom. The Balaban J connectivity index is 2.74. The first-order valence-corrected chi connectivity index (χ1v) is 10.1. The van der Waals surface area contributed by atoms with Gasteiger partial charge in [0.2, 0.25) is 0 Å². The van der Waals surface area contributed by atoms with Crippen molar-refractivity contribution in [3.63, 3.8) is 0 Å². The number of alkyl carbamates (subject to hydrolysis) is 1. The van der Waals surface area contributed by atoms with E-state index in [1.807, 2.05) is 0 Å². The number of hydrogen-bond donors (Lipinski definition) is 3. The second-order valence-corrected chi connectivity index (χ2v) is 8.86. The van der Waals surface area contributed by atoms with Crippen molar-refractivity contribution in [2.24, 2.45) is 4.99 Å². The van der Waals surface area contributed by atoms with E-state index < -0.39 is 23.4 Å². The summed E-state index contributed by atoms with van der Waals surface area (Å²) in [5, 5.41) is 21.1. The molecular weight excluding hydrogens is 404 g/mol. The lowest BCUT2D eigenvalue weighted by atomic mass is 10.1. The summed E-state index contributed by atoms with van der Waals surface area (Å²) in [6.07, 6.45) is -0.859. The molecular formula is C22H34N2O7. The van der Waals surface area contributed by atoms with Crippen LogP contribution in [-0.2, 0) is 22.7 Å². The quantitative estimate of drug-likeness (QED) is 0.337. The molecule has 0 radical (unpaired) electrons. The van der Waals surface area contributed by atoms with E-state index in [4.69, 9.17) is 14.2 Å². The minimum atomic E-state index is -0.813. The molecule has 0 saturated heterocycles. The molecule has 9 heteroatoms. The zero-order valence-corrected chi connectivity index (χ0v) is 19.2. The fourth-order valence-electron chi connectivity index (χ4n) is 2.39. The molecule has 1 aromatic rings. The predicted octanol–water partition coefficient (Wildman–Crippen LogP) is 3.69. The number of nitrogens with one attached hydrogen (secondary N) is 1. The van der Waals surface area contributed by atoms with Crippen LogP contribution in [0.25, 0.3) is 0 Å². The lowest BCUT2D eigenvalue weighted by molar-refractivity contribution is 0.0561. The largest absolute Gasteiger partial charge is 0.494 e. The maximum absolute atomic E-state index is 12.1. The standard InChI is InChI=1S/C22H34N2O7/c1-21(2,3)30-19(27)23-18(24-20(28)31-22(4,5)6)8-7-11-29-17-10-9-15(13-25)16(12-17)14-26/h9-10,12,25-26H,7-8,11,13-14H2,1-6H3,(H,23,24,27,28). The van der Waals surface area contributed by atoms with Crippen molar-refractivity contribution in [2.75, 3.05) is 6.61 Å². The monoisotopic (exact) mass is 438 g/mol. The van der Waals surface area contributed by atoms with Crippen molar-refractivity contribution >= 4 is 18.0 Å². The molecule has 0 heterocycles. The van der Waals surface area contributed by atoms with Crippen LogP contribution in [0.5, 0.6) is 5.75 Å². The van der Waals surface area contributed by atoms with Crippen molar-refractivity contribution in [1.82, 2.24) is 5.32 Å². The molecule has 1 rings (SSSR count). The van der Waals surface area contributed by atoms with Crippen LogP contribution in [0, 0.1) is 0 Å². The van der Waals surface area contributed by atoms with E-state index in [0.717, 1.165) is 0 Å². The molecule has 0 aliphatic heterocycles. The average Bonchev–Trinajstić information content (AvgIpc) is 2.61. The van der Waals surface area contributed by atoms with Crippen molar-refractivity contribution in [1.29, 1.82) is 0 Å². The Hall–Kier alpha value is -2.65. The van der Waals surface area contributed by atoms with Crippen LogP contribution < -0.4 is 10.1 Å². The van der Waals surface area contributed by atoms with E-state index in [0.29, 0.717) is 23.3 Å². The highest BCUT2D eigenvalue weighted by Crippen LogP contribution is 2.19. The molecule has 0 unspecified atom stereocenters. The van der Waals surface area contributed by atoms with E-state index in [2.05, 4.69) is 10.3 Å². The Morgan fingerprint density at radius 3 is 2.13 bits per heavy atom. The van der Waals surface area contributed by atoms with E-state index >= 15 is 0 Å². The van der Waals surface area contributed by atoms with Gasteiger partial charge in [0, 0.05) is 6.42 Å². The molecule has 0 spiro atoms.